The van der Waals surface area contributed by atoms with E-state index < -0.39 is 89.2 Å². The topological polar surface area (TPSA) is 181 Å². The summed E-state index contributed by atoms with van der Waals surface area (Å²) in [6.07, 6.45) is 2.62. The van der Waals surface area contributed by atoms with Crippen molar-refractivity contribution >= 4 is 36.0 Å². The van der Waals surface area contributed by atoms with Gasteiger partial charge < -0.3 is 48.0 Å². The number of rotatable bonds is 12. The van der Waals surface area contributed by atoms with Crippen LogP contribution in [0, 0.1) is 17.8 Å². The van der Waals surface area contributed by atoms with Crippen LogP contribution in [0.15, 0.2) is 35.5 Å². The number of carbonyl (C=O) groups is 4. The molecule has 0 aromatic carbocycles. The molecule has 2 aromatic heterocycles. The Morgan fingerprint density at radius 1 is 1.05 bits per heavy atom. The number of nitrogens with zero attached hydrogens (tertiary/aromatic N) is 3. The Hall–Kier alpha value is -3.41. The van der Waals surface area contributed by atoms with Crippen LogP contribution in [0.1, 0.15) is 94.4 Å². The fourth-order valence-electron chi connectivity index (χ4n) is 9.31. The number of likely N-dealkylation sites (N-methyl/N-ethyl adjacent to an activating group) is 1. The number of unbranched alkanes of at least 4 members (excludes halogenated alkanes) is 1. The number of fused-ring (bicyclic) bond motifs is 1. The monoisotopic (exact) mass is 854 g/mol. The number of Topliss-reactive ketones (excluding diaryl/α,β-unsaturated/α-hetero) is 2. The Kier molecular flexibility index (Phi) is 16.0. The molecule has 17 heteroatoms. The molecule has 3 saturated heterocycles. The highest BCUT2D eigenvalue weighted by atomic mass is 35.5. The zero-order valence-corrected chi connectivity index (χ0v) is 36.8. The van der Waals surface area contributed by atoms with Gasteiger partial charge in [-0.2, -0.15) is 0 Å². The van der Waals surface area contributed by atoms with Gasteiger partial charge in [0, 0.05) is 55.8 Å². The van der Waals surface area contributed by atoms with Crippen molar-refractivity contribution in [3.63, 3.8) is 0 Å². The molecule has 0 aliphatic carbocycles. The number of hydrogen-bond acceptors (Lipinski definition) is 13. The van der Waals surface area contributed by atoms with E-state index in [1.165, 1.54) is 18.9 Å². The maximum atomic E-state index is 16.9. The third-order valence-corrected chi connectivity index (χ3v) is 12.5. The maximum absolute atomic E-state index is 16.9. The lowest BCUT2D eigenvalue weighted by Gasteiger charge is -2.46. The first-order chi connectivity index (χ1) is 27.3. The number of nitrogens with one attached hydrogen (secondary N) is 1. The molecule has 0 bridgehead atoms. The van der Waals surface area contributed by atoms with Crippen molar-refractivity contribution in [3.05, 3.63) is 31.1 Å². The summed E-state index contributed by atoms with van der Waals surface area (Å²) in [5.74, 6) is -5.78. The smallest absolute Gasteiger partial charge is 0.410 e. The summed E-state index contributed by atoms with van der Waals surface area (Å²) in [4.78, 5) is 62.5. The SMILES string of the molecule is CCN[C@H]1C[C@@H](C)O[C@@H](O[C@@H]2[C@@H](C)C(=O)[C@](C)(F)C(=O)O[C@H](CC)[C@@]3(C)OC(=O)N(CCCCn4cnc(-c5ccoc5)c4)C3[C@@H](C)C(=O)[C@H](C)C[C@@]2(C)OC)[C@H]1O.Cl. The number of hydrogen-bond donors (Lipinski definition) is 2. The lowest BCUT2D eigenvalue weighted by Crippen LogP contribution is -2.62. The van der Waals surface area contributed by atoms with Crippen LogP contribution in [0.4, 0.5) is 9.18 Å². The lowest BCUT2D eigenvalue weighted by atomic mass is 9.73. The summed E-state index contributed by atoms with van der Waals surface area (Å²) in [6, 6.07) is 0.505. The standard InChI is InChI=1S/C42H63FN4O11.ClH/c1-11-31-42(9)34(47(39(52)58-42)17-14-13-16-46-21-30(45-23-46)28-15-18-54-22-28)26(5)32(48)24(3)20-40(7,53-10)36(27(6)35(50)41(8,43)38(51)56-31)57-37-33(49)29(44-12-2)19-25(4)55-37;/h15,18,21-27,29,31,33-34,36-37,44,49H,11-14,16-17,19-20H2,1-10H3;1H/t24-,25-,26+,27+,29+,31-,33+,34?,36-,37+,40-,41+,42-;/m1./s1. The molecule has 0 saturated carbocycles. The van der Waals surface area contributed by atoms with E-state index in [2.05, 4.69) is 10.3 Å². The average molecular weight is 855 g/mol. The molecule has 15 nitrogen and oxygen atoms in total. The van der Waals surface area contributed by atoms with Crippen molar-refractivity contribution in [2.75, 3.05) is 20.2 Å². The predicted molar refractivity (Wildman–Crippen MR) is 216 cm³/mol. The van der Waals surface area contributed by atoms with E-state index in [-0.39, 0.29) is 43.7 Å². The van der Waals surface area contributed by atoms with Gasteiger partial charge in [-0.1, -0.05) is 34.6 Å². The average Bonchev–Trinajstić information content (AvgIpc) is 3.94. The first-order valence-corrected chi connectivity index (χ1v) is 20.6. The molecule has 1 amide bonds. The Morgan fingerprint density at radius 2 is 1.75 bits per heavy atom. The molecule has 332 valence electrons. The number of amides is 1. The van der Waals surface area contributed by atoms with Crippen LogP contribution < -0.4 is 5.32 Å². The molecule has 3 aliphatic rings. The normalized spacial score (nSPS) is 37.3. The van der Waals surface area contributed by atoms with Gasteiger partial charge in [0.15, 0.2) is 17.7 Å². The van der Waals surface area contributed by atoms with Crippen molar-refractivity contribution in [1.29, 1.82) is 0 Å². The fourth-order valence-corrected chi connectivity index (χ4v) is 9.31. The highest BCUT2D eigenvalue weighted by Gasteiger charge is 2.61. The number of furan rings is 1. The Labute approximate surface area is 352 Å². The number of alkyl halides is 1. The predicted octanol–water partition coefficient (Wildman–Crippen LogP) is 5.69. The highest BCUT2D eigenvalue weighted by Crippen LogP contribution is 2.43. The number of aliphatic hydroxyl groups is 1. The van der Waals surface area contributed by atoms with Gasteiger partial charge in [-0.3, -0.25) is 9.59 Å². The van der Waals surface area contributed by atoms with Crippen molar-refractivity contribution in [1.82, 2.24) is 19.8 Å². The Bertz CT molecular complexity index is 1740. The van der Waals surface area contributed by atoms with Crippen molar-refractivity contribution in [2.24, 2.45) is 17.8 Å². The molecule has 1 unspecified atom stereocenters. The van der Waals surface area contributed by atoms with Crippen molar-refractivity contribution in [3.8, 4) is 11.3 Å². The number of aromatic nitrogens is 2. The van der Waals surface area contributed by atoms with Crippen LogP contribution in [-0.4, -0.2) is 123 Å². The van der Waals surface area contributed by atoms with Crippen LogP contribution in [0.2, 0.25) is 0 Å². The molecule has 2 aromatic rings. The van der Waals surface area contributed by atoms with Crippen LogP contribution in [-0.2, 0) is 44.6 Å². The number of carbonyl (C=O) groups excluding carboxylic acids is 4. The van der Waals surface area contributed by atoms with Gasteiger partial charge in [0.05, 0.1) is 48.4 Å². The van der Waals surface area contributed by atoms with E-state index in [1.54, 1.807) is 53.5 Å². The molecule has 5 rings (SSSR count). The van der Waals surface area contributed by atoms with Gasteiger partial charge in [-0.15, -0.1) is 12.4 Å². The third kappa shape index (κ3) is 9.88. The third-order valence-electron chi connectivity index (χ3n) is 12.5. The number of imidazole rings is 1. The molecule has 0 radical (unpaired) electrons. The van der Waals surface area contributed by atoms with Gasteiger partial charge in [-0.05, 0) is 72.4 Å². The number of ketones is 2. The Balaban J connectivity index is 0.00000769. The molecule has 2 N–H and O–H groups in total. The van der Waals surface area contributed by atoms with E-state index in [0.29, 0.717) is 32.4 Å². The van der Waals surface area contributed by atoms with Crippen LogP contribution in [0.3, 0.4) is 0 Å². The maximum Gasteiger partial charge on any atom is 0.410 e. The van der Waals surface area contributed by atoms with Gasteiger partial charge >= 0.3 is 12.1 Å². The minimum atomic E-state index is -3.18. The van der Waals surface area contributed by atoms with Gasteiger partial charge in [-0.25, -0.2) is 19.0 Å². The van der Waals surface area contributed by atoms with E-state index >= 15 is 4.39 Å². The number of aliphatic hydroxyl groups excluding tert-OH is 1. The number of ether oxygens (including phenoxy) is 5. The number of methoxy groups -OCH3 is 1. The van der Waals surface area contributed by atoms with Gasteiger partial charge in [0.1, 0.15) is 18.0 Å². The summed E-state index contributed by atoms with van der Waals surface area (Å²) in [5, 5.41) is 14.6. The van der Waals surface area contributed by atoms with E-state index in [9.17, 15) is 24.3 Å². The number of cyclic esters (lactones) is 1. The summed E-state index contributed by atoms with van der Waals surface area (Å²) < 4.78 is 54.5. The summed E-state index contributed by atoms with van der Waals surface area (Å²) in [6.45, 7) is 15.8. The summed E-state index contributed by atoms with van der Waals surface area (Å²) in [5.41, 5.74) is -4.59. The van der Waals surface area contributed by atoms with E-state index in [0.717, 1.165) is 18.2 Å². The van der Waals surface area contributed by atoms with Crippen molar-refractivity contribution in [2.45, 2.75) is 161 Å². The Morgan fingerprint density at radius 3 is 2.37 bits per heavy atom. The molecule has 3 fully saturated rings. The second-order valence-electron chi connectivity index (χ2n) is 16.9. The first kappa shape index (κ1) is 48.3. The molecular weight excluding hydrogens is 791 g/mol. The zero-order chi connectivity index (χ0) is 42.7. The van der Waals surface area contributed by atoms with Crippen LogP contribution >= 0.6 is 12.4 Å². The quantitative estimate of drug-likeness (QED) is 0.151. The van der Waals surface area contributed by atoms with E-state index in [1.807, 2.05) is 30.7 Å². The minimum Gasteiger partial charge on any atom is -0.472 e. The largest absolute Gasteiger partial charge is 0.472 e. The molecular formula is C42H64ClFN4O11. The minimum absolute atomic E-state index is 0. The molecule has 3 aliphatic heterocycles. The molecule has 0 spiro atoms. The molecule has 59 heavy (non-hydrogen) atoms. The van der Waals surface area contributed by atoms with Crippen molar-refractivity contribution < 1.29 is 56.8 Å². The number of esters is 1. The second-order valence-corrected chi connectivity index (χ2v) is 16.9. The van der Waals surface area contributed by atoms with E-state index in [4.69, 9.17) is 28.1 Å². The summed E-state index contributed by atoms with van der Waals surface area (Å²) >= 11 is 0. The number of halogens is 2. The van der Waals surface area contributed by atoms with Crippen LogP contribution in [0.25, 0.3) is 11.3 Å². The molecule has 5 heterocycles. The lowest BCUT2D eigenvalue weighted by molar-refractivity contribution is -0.290. The second kappa shape index (κ2) is 19.5. The highest BCUT2D eigenvalue weighted by molar-refractivity contribution is 6.08. The zero-order valence-electron chi connectivity index (χ0n) is 36.0. The van der Waals surface area contributed by atoms with Gasteiger partial charge in [0.25, 0.3) is 5.67 Å². The number of aryl methyl sites for hydroxylation is 1. The fraction of sp³-hybridized carbons (Fsp3) is 0.738. The summed E-state index contributed by atoms with van der Waals surface area (Å²) in [7, 11) is 1.40. The molecule has 13 atom stereocenters. The first-order valence-electron chi connectivity index (χ1n) is 20.6. The van der Waals surface area contributed by atoms with Gasteiger partial charge in [0.2, 0.25) is 0 Å². The van der Waals surface area contributed by atoms with Crippen LogP contribution in [0.5, 0.6) is 0 Å².